The summed E-state index contributed by atoms with van der Waals surface area (Å²) in [7, 11) is -3.32. The van der Waals surface area contributed by atoms with Crippen molar-refractivity contribution in [2.24, 2.45) is 0 Å². The molecule has 1 aromatic heterocycles. The average molecular weight is 260 g/mol. The number of hydrogen-bond donors (Lipinski definition) is 1. The van der Waals surface area contributed by atoms with Gasteiger partial charge >= 0.3 is 0 Å². The summed E-state index contributed by atoms with van der Waals surface area (Å²) in [6.07, 6.45) is 6.96. The van der Waals surface area contributed by atoms with Crippen LogP contribution in [0.1, 0.15) is 26.2 Å². The minimum Gasteiger partial charge on any atom is -0.278 e. The van der Waals surface area contributed by atoms with E-state index in [-0.39, 0.29) is 12.2 Å². The molecule has 0 bridgehead atoms. The van der Waals surface area contributed by atoms with Crippen LogP contribution in [-0.4, -0.2) is 35.5 Å². The number of rotatable bonds is 6. The number of carbonyl (C=O) groups excluding carboxylic acids is 1. The Bertz CT molecular complexity index is 356. The Kier molecular flexibility index (Phi) is 8.75. The minimum absolute atomic E-state index is 0.0413. The third-order valence-corrected chi connectivity index (χ3v) is 2.93. The van der Waals surface area contributed by atoms with Crippen molar-refractivity contribution in [3.8, 4) is 0 Å². The van der Waals surface area contributed by atoms with Crippen LogP contribution in [0.15, 0.2) is 19.0 Å². The molecular formula is C9H16N4O3S. The van der Waals surface area contributed by atoms with E-state index in [2.05, 4.69) is 15.0 Å². The van der Waals surface area contributed by atoms with Crippen LogP contribution in [0.5, 0.6) is 0 Å². The summed E-state index contributed by atoms with van der Waals surface area (Å²) in [4.78, 5) is 20.5. The number of nitrogens with one attached hydrogen (secondary N) is 1. The molecule has 0 aliphatic rings. The highest BCUT2D eigenvalue weighted by Gasteiger charge is 2.06. The second-order valence-electron chi connectivity index (χ2n) is 3.06. The largest absolute Gasteiger partial charge is 0.278 e. The Labute approximate surface area is 101 Å². The molecule has 0 atom stereocenters. The summed E-state index contributed by atoms with van der Waals surface area (Å²) in [6.45, 7) is 1.99. The smallest absolute Gasteiger partial charge is 0.234 e. The van der Waals surface area contributed by atoms with E-state index in [4.69, 9.17) is 0 Å². The van der Waals surface area contributed by atoms with Gasteiger partial charge in [-0.05, 0) is 6.42 Å². The van der Waals surface area contributed by atoms with Crippen molar-refractivity contribution >= 4 is 16.4 Å². The second-order valence-corrected chi connectivity index (χ2v) is 4.93. The zero-order valence-electron chi connectivity index (χ0n) is 9.61. The SMILES string of the molecule is CCCCCS(=O)(=O)NC=O.c1ncncn1. The van der Waals surface area contributed by atoms with Gasteiger partial charge < -0.3 is 0 Å². The highest BCUT2D eigenvalue weighted by atomic mass is 32.2. The molecule has 0 radical (unpaired) electrons. The molecule has 0 fully saturated rings. The van der Waals surface area contributed by atoms with Gasteiger partial charge in [-0.3, -0.25) is 9.52 Å². The highest BCUT2D eigenvalue weighted by Crippen LogP contribution is 1.96. The molecular weight excluding hydrogens is 244 g/mol. The first-order valence-electron chi connectivity index (χ1n) is 5.11. The maximum Gasteiger partial charge on any atom is 0.234 e. The van der Waals surface area contributed by atoms with Crippen LogP contribution in [-0.2, 0) is 14.8 Å². The van der Waals surface area contributed by atoms with Crippen LogP contribution in [0.3, 0.4) is 0 Å². The molecule has 0 aliphatic heterocycles. The van der Waals surface area contributed by atoms with E-state index in [9.17, 15) is 13.2 Å². The average Bonchev–Trinajstić information content (AvgIpc) is 2.32. The lowest BCUT2D eigenvalue weighted by atomic mass is 10.3. The Hall–Kier alpha value is -1.57. The fourth-order valence-electron chi connectivity index (χ4n) is 0.879. The lowest BCUT2D eigenvalue weighted by Gasteiger charge is -1.99. The van der Waals surface area contributed by atoms with Gasteiger partial charge in [0.25, 0.3) is 0 Å². The molecule has 0 aliphatic carbocycles. The Morgan fingerprint density at radius 2 is 1.65 bits per heavy atom. The molecule has 96 valence electrons. The van der Waals surface area contributed by atoms with Crippen molar-refractivity contribution in [1.82, 2.24) is 19.7 Å². The molecule has 1 rings (SSSR count). The van der Waals surface area contributed by atoms with E-state index in [0.29, 0.717) is 6.42 Å². The number of aromatic nitrogens is 3. The van der Waals surface area contributed by atoms with Crippen LogP contribution in [0, 0.1) is 0 Å². The number of hydrogen-bond acceptors (Lipinski definition) is 6. The maximum atomic E-state index is 10.8. The molecule has 17 heavy (non-hydrogen) atoms. The summed E-state index contributed by atoms with van der Waals surface area (Å²) in [5.74, 6) is 0.0413. The minimum atomic E-state index is -3.32. The quantitative estimate of drug-likeness (QED) is 0.576. The van der Waals surface area contributed by atoms with E-state index >= 15 is 0 Å². The maximum absolute atomic E-state index is 10.8. The fraction of sp³-hybridized carbons (Fsp3) is 0.556. The van der Waals surface area contributed by atoms with Crippen LogP contribution >= 0.6 is 0 Å². The van der Waals surface area contributed by atoms with Crippen molar-refractivity contribution in [2.75, 3.05) is 5.75 Å². The second kappa shape index (κ2) is 9.64. The van der Waals surface area contributed by atoms with Crippen molar-refractivity contribution in [3.63, 3.8) is 0 Å². The predicted molar refractivity (Wildman–Crippen MR) is 62.3 cm³/mol. The number of amides is 1. The summed E-state index contributed by atoms with van der Waals surface area (Å²) in [6, 6.07) is 0. The Balaban J connectivity index is 0.000000354. The van der Waals surface area contributed by atoms with Gasteiger partial charge in [0.2, 0.25) is 16.4 Å². The Morgan fingerprint density at radius 1 is 1.12 bits per heavy atom. The van der Waals surface area contributed by atoms with E-state index < -0.39 is 10.0 Å². The number of carbonyl (C=O) groups is 1. The Morgan fingerprint density at radius 3 is 2.00 bits per heavy atom. The highest BCUT2D eigenvalue weighted by molar-refractivity contribution is 7.89. The zero-order chi connectivity index (χ0) is 13.0. The molecule has 1 amide bonds. The zero-order valence-corrected chi connectivity index (χ0v) is 10.4. The molecule has 0 saturated carbocycles. The molecule has 0 aromatic carbocycles. The van der Waals surface area contributed by atoms with Gasteiger partial charge in [0.05, 0.1) is 5.75 Å². The van der Waals surface area contributed by atoms with E-state index in [1.807, 2.05) is 6.92 Å². The molecule has 0 unspecified atom stereocenters. The molecule has 1 N–H and O–H groups in total. The van der Waals surface area contributed by atoms with Gasteiger partial charge in [0.15, 0.2) is 0 Å². The normalized spacial score (nSPS) is 9.94. The first-order valence-corrected chi connectivity index (χ1v) is 6.76. The third-order valence-electron chi connectivity index (χ3n) is 1.64. The summed E-state index contributed by atoms with van der Waals surface area (Å²) < 4.78 is 23.3. The summed E-state index contributed by atoms with van der Waals surface area (Å²) in [5, 5.41) is 0. The summed E-state index contributed by atoms with van der Waals surface area (Å²) >= 11 is 0. The van der Waals surface area contributed by atoms with Crippen molar-refractivity contribution in [1.29, 1.82) is 0 Å². The van der Waals surface area contributed by atoms with Crippen molar-refractivity contribution in [2.45, 2.75) is 26.2 Å². The summed E-state index contributed by atoms with van der Waals surface area (Å²) in [5.41, 5.74) is 0. The molecule has 1 aromatic rings. The van der Waals surface area contributed by atoms with Gasteiger partial charge in [-0.25, -0.2) is 23.4 Å². The van der Waals surface area contributed by atoms with Crippen molar-refractivity contribution in [3.05, 3.63) is 19.0 Å². The van der Waals surface area contributed by atoms with E-state index in [1.165, 1.54) is 19.0 Å². The van der Waals surface area contributed by atoms with Gasteiger partial charge in [-0.15, -0.1) is 0 Å². The first kappa shape index (κ1) is 15.4. The van der Waals surface area contributed by atoms with E-state index in [0.717, 1.165) is 12.8 Å². The van der Waals surface area contributed by atoms with Crippen LogP contribution in [0.25, 0.3) is 0 Å². The van der Waals surface area contributed by atoms with E-state index in [1.54, 1.807) is 4.72 Å². The van der Waals surface area contributed by atoms with Crippen LogP contribution in [0.4, 0.5) is 0 Å². The topological polar surface area (TPSA) is 102 Å². The number of nitrogens with zero attached hydrogens (tertiary/aromatic N) is 3. The van der Waals surface area contributed by atoms with Gasteiger partial charge in [0, 0.05) is 0 Å². The number of unbranched alkanes of at least 4 members (excludes halogenated alkanes) is 2. The van der Waals surface area contributed by atoms with Crippen LogP contribution < -0.4 is 4.72 Å². The lowest BCUT2D eigenvalue weighted by Crippen LogP contribution is -2.24. The molecule has 0 spiro atoms. The number of sulfonamides is 1. The fourth-order valence-corrected chi connectivity index (χ4v) is 1.73. The van der Waals surface area contributed by atoms with Crippen molar-refractivity contribution < 1.29 is 13.2 Å². The molecule has 1 heterocycles. The molecule has 7 nitrogen and oxygen atoms in total. The third kappa shape index (κ3) is 10.7. The van der Waals surface area contributed by atoms with Crippen LogP contribution in [0.2, 0.25) is 0 Å². The van der Waals surface area contributed by atoms with Gasteiger partial charge in [0.1, 0.15) is 19.0 Å². The molecule has 0 saturated heterocycles. The molecule has 8 heteroatoms. The lowest BCUT2D eigenvalue weighted by molar-refractivity contribution is -0.108. The first-order chi connectivity index (χ1) is 8.12. The monoisotopic (exact) mass is 260 g/mol. The van der Waals surface area contributed by atoms with Gasteiger partial charge in [-0.1, -0.05) is 19.8 Å². The predicted octanol–water partition coefficient (Wildman–Crippen LogP) is 0.124. The standard InChI is InChI=1S/C6H13NO3S.C3H3N3/c1-2-3-4-5-11(9,10)7-6-8;1-4-2-6-3-5-1/h6H,2-5H2,1H3,(H,7,8);1-3H. The van der Waals surface area contributed by atoms with Gasteiger partial charge in [-0.2, -0.15) is 0 Å².